The monoisotopic (exact) mass is 449 g/mol. The van der Waals surface area contributed by atoms with Gasteiger partial charge in [0.15, 0.2) is 0 Å². The van der Waals surface area contributed by atoms with Gasteiger partial charge in [-0.05, 0) is 57.0 Å². The standard InChI is InChI=1S/C23H26F3N3OS/c1-13(2)29-15-4-5-16(29)12-28(11-15)14-6-7-18-21(8-14)31-22-10-20(30-3)17(23(24,25)26)9-19(22)27-18/h6-10,13,15-16,27H,4-5,11-12H2,1-3H3/t15-,16+. The Bertz CT molecular complexity index is 996. The van der Waals surface area contributed by atoms with Crippen molar-refractivity contribution < 1.29 is 17.9 Å². The van der Waals surface area contributed by atoms with E-state index in [1.165, 1.54) is 43.5 Å². The molecule has 8 heteroatoms. The lowest BCUT2D eigenvalue weighted by molar-refractivity contribution is -0.138. The molecule has 3 heterocycles. The van der Waals surface area contributed by atoms with Crippen molar-refractivity contribution in [3.05, 3.63) is 35.9 Å². The van der Waals surface area contributed by atoms with Gasteiger partial charge in [0.1, 0.15) is 5.75 Å². The Hall–Kier alpha value is -2.06. The summed E-state index contributed by atoms with van der Waals surface area (Å²) in [5.74, 6) is -0.151. The molecule has 0 saturated carbocycles. The van der Waals surface area contributed by atoms with Crippen LogP contribution >= 0.6 is 11.8 Å². The molecule has 2 atom stereocenters. The average molecular weight is 450 g/mol. The van der Waals surface area contributed by atoms with Gasteiger partial charge in [-0.3, -0.25) is 4.90 Å². The molecule has 5 rings (SSSR count). The number of ether oxygens (including phenoxy) is 1. The highest BCUT2D eigenvalue weighted by molar-refractivity contribution is 7.99. The van der Waals surface area contributed by atoms with Crippen LogP contribution in [0.2, 0.25) is 0 Å². The highest BCUT2D eigenvalue weighted by Gasteiger charge is 2.41. The van der Waals surface area contributed by atoms with Gasteiger partial charge in [0.2, 0.25) is 0 Å². The van der Waals surface area contributed by atoms with Crippen LogP contribution in [0.4, 0.5) is 30.2 Å². The van der Waals surface area contributed by atoms with Crippen LogP contribution in [0.1, 0.15) is 32.3 Å². The minimum atomic E-state index is -4.46. The van der Waals surface area contributed by atoms with Crippen molar-refractivity contribution in [3.63, 3.8) is 0 Å². The van der Waals surface area contributed by atoms with Gasteiger partial charge in [-0.15, -0.1) is 0 Å². The van der Waals surface area contributed by atoms with E-state index >= 15 is 0 Å². The van der Waals surface area contributed by atoms with Crippen molar-refractivity contribution in [2.45, 2.75) is 60.8 Å². The first-order valence-corrected chi connectivity index (χ1v) is 11.5. The summed E-state index contributed by atoms with van der Waals surface area (Å²) in [6.07, 6.45) is -1.97. The molecule has 3 aliphatic rings. The van der Waals surface area contributed by atoms with E-state index in [2.05, 4.69) is 41.1 Å². The highest BCUT2D eigenvalue weighted by atomic mass is 32.2. The molecule has 0 unspecified atom stereocenters. The minimum Gasteiger partial charge on any atom is -0.496 e. The van der Waals surface area contributed by atoms with Crippen LogP contribution in [-0.2, 0) is 6.18 Å². The fourth-order valence-electron chi connectivity index (χ4n) is 5.28. The molecule has 2 bridgehead atoms. The number of halogens is 3. The van der Waals surface area contributed by atoms with Crippen LogP contribution in [0.3, 0.4) is 0 Å². The second kappa shape index (κ2) is 7.52. The molecule has 0 amide bonds. The summed E-state index contributed by atoms with van der Waals surface area (Å²) in [6, 6.07) is 10.6. The van der Waals surface area contributed by atoms with Crippen LogP contribution in [-0.4, -0.2) is 43.2 Å². The number of hydrogen-bond acceptors (Lipinski definition) is 5. The molecule has 0 spiro atoms. The second-order valence-electron chi connectivity index (χ2n) is 8.78. The van der Waals surface area contributed by atoms with E-state index in [-0.39, 0.29) is 5.75 Å². The van der Waals surface area contributed by atoms with E-state index in [9.17, 15) is 13.2 Å². The number of fused-ring (bicyclic) bond motifs is 4. The molecule has 0 aliphatic carbocycles. The molecule has 0 radical (unpaired) electrons. The lowest BCUT2D eigenvalue weighted by atomic mass is 10.1. The number of nitrogens with zero attached hydrogens (tertiary/aromatic N) is 2. The number of alkyl halides is 3. The first-order chi connectivity index (χ1) is 14.7. The Kier molecular flexibility index (Phi) is 5.05. The van der Waals surface area contributed by atoms with Gasteiger partial charge in [0.25, 0.3) is 0 Å². The Labute approximate surface area is 184 Å². The first kappa shape index (κ1) is 20.8. The number of benzene rings is 2. The maximum absolute atomic E-state index is 13.4. The van der Waals surface area contributed by atoms with Crippen LogP contribution < -0.4 is 15.0 Å². The van der Waals surface area contributed by atoms with Crippen LogP contribution in [0.5, 0.6) is 5.75 Å². The van der Waals surface area contributed by atoms with E-state index in [0.717, 1.165) is 34.6 Å². The van der Waals surface area contributed by atoms with Crippen molar-refractivity contribution in [1.82, 2.24) is 4.90 Å². The van der Waals surface area contributed by atoms with Crippen molar-refractivity contribution in [2.24, 2.45) is 0 Å². The molecule has 3 aliphatic heterocycles. The molecular weight excluding hydrogens is 423 g/mol. The van der Waals surface area contributed by atoms with Crippen molar-refractivity contribution in [3.8, 4) is 5.75 Å². The zero-order valence-electron chi connectivity index (χ0n) is 17.8. The zero-order valence-corrected chi connectivity index (χ0v) is 18.6. The summed E-state index contributed by atoms with van der Waals surface area (Å²) in [7, 11) is 1.27. The van der Waals surface area contributed by atoms with Gasteiger partial charge < -0.3 is 15.0 Å². The zero-order chi connectivity index (χ0) is 21.9. The summed E-state index contributed by atoms with van der Waals surface area (Å²) >= 11 is 1.49. The van der Waals surface area contributed by atoms with Gasteiger partial charge in [0, 0.05) is 46.7 Å². The Morgan fingerprint density at radius 3 is 2.32 bits per heavy atom. The van der Waals surface area contributed by atoms with Gasteiger partial charge in [-0.1, -0.05) is 11.8 Å². The van der Waals surface area contributed by atoms with E-state index < -0.39 is 11.7 Å². The fraction of sp³-hybridized carbons (Fsp3) is 0.478. The van der Waals surface area contributed by atoms with Gasteiger partial charge >= 0.3 is 6.18 Å². The van der Waals surface area contributed by atoms with E-state index in [1.54, 1.807) is 0 Å². The predicted octanol–water partition coefficient (Wildman–Crippen LogP) is 5.98. The summed E-state index contributed by atoms with van der Waals surface area (Å²) in [4.78, 5) is 6.88. The molecule has 166 valence electrons. The van der Waals surface area contributed by atoms with Crippen LogP contribution in [0, 0.1) is 0 Å². The molecule has 0 aromatic heterocycles. The van der Waals surface area contributed by atoms with E-state index in [4.69, 9.17) is 4.74 Å². The molecular formula is C23H26F3N3OS. The maximum atomic E-state index is 13.4. The SMILES string of the molecule is COc1cc2c(cc1C(F)(F)F)Nc1ccc(N3C[C@H]4CC[C@@H](C3)N4C(C)C)cc1S2. The van der Waals surface area contributed by atoms with Crippen molar-refractivity contribution in [1.29, 1.82) is 0 Å². The summed E-state index contributed by atoms with van der Waals surface area (Å²) in [5, 5.41) is 3.18. The molecule has 31 heavy (non-hydrogen) atoms. The Morgan fingerprint density at radius 1 is 1.03 bits per heavy atom. The van der Waals surface area contributed by atoms with Crippen molar-refractivity contribution >= 4 is 28.8 Å². The Balaban J connectivity index is 1.41. The highest BCUT2D eigenvalue weighted by Crippen LogP contribution is 2.50. The van der Waals surface area contributed by atoms with E-state index in [0.29, 0.717) is 23.8 Å². The van der Waals surface area contributed by atoms with Crippen LogP contribution in [0.25, 0.3) is 0 Å². The third-order valence-electron chi connectivity index (χ3n) is 6.56. The van der Waals surface area contributed by atoms with Gasteiger partial charge in [0.05, 0.1) is 24.0 Å². The lowest BCUT2D eigenvalue weighted by Crippen LogP contribution is -2.56. The normalized spacial score (nSPS) is 22.9. The fourth-order valence-corrected chi connectivity index (χ4v) is 6.31. The number of methoxy groups -OCH3 is 1. The Morgan fingerprint density at radius 2 is 1.71 bits per heavy atom. The topological polar surface area (TPSA) is 27.7 Å². The smallest absolute Gasteiger partial charge is 0.420 e. The lowest BCUT2D eigenvalue weighted by Gasteiger charge is -2.44. The first-order valence-electron chi connectivity index (χ1n) is 10.6. The average Bonchev–Trinajstić information content (AvgIpc) is 3.00. The third-order valence-corrected chi connectivity index (χ3v) is 7.68. The quantitative estimate of drug-likeness (QED) is 0.531. The van der Waals surface area contributed by atoms with Crippen LogP contribution in [0.15, 0.2) is 40.1 Å². The summed E-state index contributed by atoms with van der Waals surface area (Å²) < 4.78 is 45.2. The second-order valence-corrected chi connectivity index (χ2v) is 9.87. The molecule has 4 nitrogen and oxygen atoms in total. The predicted molar refractivity (Wildman–Crippen MR) is 118 cm³/mol. The number of hydrogen-bond donors (Lipinski definition) is 1. The molecule has 1 N–H and O–H groups in total. The minimum absolute atomic E-state index is 0.151. The van der Waals surface area contributed by atoms with Crippen molar-refractivity contribution in [2.75, 3.05) is 30.4 Å². The molecule has 2 saturated heterocycles. The number of rotatable bonds is 3. The largest absolute Gasteiger partial charge is 0.496 e. The van der Waals surface area contributed by atoms with Gasteiger partial charge in [-0.2, -0.15) is 13.2 Å². The maximum Gasteiger partial charge on any atom is 0.420 e. The number of piperazine rings is 1. The van der Waals surface area contributed by atoms with E-state index in [1.807, 2.05) is 6.07 Å². The molecule has 2 aromatic carbocycles. The molecule has 2 fully saturated rings. The summed E-state index contributed by atoms with van der Waals surface area (Å²) in [5.41, 5.74) is 1.71. The number of anilines is 3. The molecule has 2 aromatic rings. The number of nitrogens with one attached hydrogen (secondary N) is 1. The summed E-state index contributed by atoms with van der Waals surface area (Å²) in [6.45, 7) is 6.59. The third kappa shape index (κ3) is 3.63. The van der Waals surface area contributed by atoms with Gasteiger partial charge in [-0.25, -0.2) is 0 Å².